The van der Waals surface area contributed by atoms with Crippen LogP contribution in [-0.4, -0.2) is 62.7 Å². The number of likely N-dealkylation sites (N-methyl/N-ethyl adjacent to an activating group) is 1. The molecule has 2 N–H and O–H groups in total. The van der Waals surface area contributed by atoms with Crippen molar-refractivity contribution in [3.8, 4) is 5.75 Å². The van der Waals surface area contributed by atoms with Crippen molar-refractivity contribution in [3.63, 3.8) is 0 Å². The summed E-state index contributed by atoms with van der Waals surface area (Å²) in [5.74, 6) is -0.388. The summed E-state index contributed by atoms with van der Waals surface area (Å²) in [6, 6.07) is 10.3. The highest BCUT2D eigenvalue weighted by Gasteiger charge is 2.25. The predicted molar refractivity (Wildman–Crippen MR) is 121 cm³/mol. The number of rotatable bonds is 3. The maximum Gasteiger partial charge on any atom is 0.257 e. The molecule has 0 unspecified atom stereocenters. The first-order valence-electron chi connectivity index (χ1n) is 10.6. The number of nitrogens with zero attached hydrogens (tertiary/aromatic N) is 1. The number of ether oxygens (including phenoxy) is 2. The highest BCUT2D eigenvalue weighted by molar-refractivity contribution is 6.05. The number of fused-ring (bicyclic) bond motifs is 1. The van der Waals surface area contributed by atoms with Crippen LogP contribution < -0.4 is 15.4 Å². The lowest BCUT2D eigenvalue weighted by Crippen LogP contribution is -2.44. The first kappa shape index (κ1) is 23.7. The standard InChI is InChI=1S/C24H30FN3O4/c1-15-12-26-16(2)14-32-21-11-19(27-23(29)17-5-7-18(25)8-6-17)9-10-20(21)24(30)28(3)13-22(15)31-4/h5-11,15-16,22,26H,12-14H2,1-4H3,(H,27,29)/t15-,16+,22-/m1/s1. The monoisotopic (exact) mass is 443 g/mol. The van der Waals surface area contributed by atoms with Crippen LogP contribution in [0.25, 0.3) is 0 Å². The van der Waals surface area contributed by atoms with Crippen LogP contribution >= 0.6 is 0 Å². The van der Waals surface area contributed by atoms with E-state index < -0.39 is 5.82 Å². The third-order valence-corrected chi connectivity index (χ3v) is 5.59. The Morgan fingerprint density at radius 1 is 1.22 bits per heavy atom. The molecule has 0 saturated carbocycles. The van der Waals surface area contributed by atoms with Crippen LogP contribution in [-0.2, 0) is 4.74 Å². The van der Waals surface area contributed by atoms with E-state index >= 15 is 0 Å². The fourth-order valence-corrected chi connectivity index (χ4v) is 3.54. The number of hydrogen-bond acceptors (Lipinski definition) is 5. The number of methoxy groups -OCH3 is 1. The van der Waals surface area contributed by atoms with Gasteiger partial charge in [-0.3, -0.25) is 9.59 Å². The molecule has 1 aliphatic rings. The molecule has 0 saturated heterocycles. The number of anilines is 1. The molecule has 0 fully saturated rings. The number of hydrogen-bond donors (Lipinski definition) is 2. The van der Waals surface area contributed by atoms with Crippen molar-refractivity contribution in [2.75, 3.05) is 39.2 Å². The summed E-state index contributed by atoms with van der Waals surface area (Å²) in [5.41, 5.74) is 1.21. The molecule has 0 aromatic heterocycles. The van der Waals surface area contributed by atoms with Crippen LogP contribution in [0.5, 0.6) is 5.75 Å². The average Bonchev–Trinajstić information content (AvgIpc) is 2.78. The van der Waals surface area contributed by atoms with Gasteiger partial charge in [-0.1, -0.05) is 6.92 Å². The lowest BCUT2D eigenvalue weighted by atomic mass is 10.0. The van der Waals surface area contributed by atoms with Gasteiger partial charge in [-0.05, 0) is 49.2 Å². The summed E-state index contributed by atoms with van der Waals surface area (Å²) < 4.78 is 24.7. The third kappa shape index (κ3) is 5.83. The Balaban J connectivity index is 1.86. The van der Waals surface area contributed by atoms with Crippen molar-refractivity contribution in [1.29, 1.82) is 0 Å². The van der Waals surface area contributed by atoms with Crippen molar-refractivity contribution in [2.24, 2.45) is 5.92 Å². The van der Waals surface area contributed by atoms with E-state index in [0.29, 0.717) is 35.7 Å². The van der Waals surface area contributed by atoms with E-state index in [9.17, 15) is 14.0 Å². The minimum Gasteiger partial charge on any atom is -0.491 e. The Kier molecular flexibility index (Phi) is 7.82. The van der Waals surface area contributed by atoms with E-state index in [-0.39, 0.29) is 29.9 Å². The lowest BCUT2D eigenvalue weighted by Gasteiger charge is -2.30. The van der Waals surface area contributed by atoms with Crippen molar-refractivity contribution in [1.82, 2.24) is 10.2 Å². The molecule has 0 bridgehead atoms. The number of amides is 2. The zero-order valence-electron chi connectivity index (χ0n) is 18.9. The first-order chi connectivity index (χ1) is 15.3. The van der Waals surface area contributed by atoms with Gasteiger partial charge in [-0.2, -0.15) is 0 Å². The molecule has 2 aromatic carbocycles. The molecule has 3 rings (SSSR count). The van der Waals surface area contributed by atoms with E-state index in [1.807, 2.05) is 6.92 Å². The summed E-state index contributed by atoms with van der Waals surface area (Å²) in [6.45, 7) is 5.61. The van der Waals surface area contributed by atoms with Gasteiger partial charge >= 0.3 is 0 Å². The smallest absolute Gasteiger partial charge is 0.257 e. The fourth-order valence-electron chi connectivity index (χ4n) is 3.54. The lowest BCUT2D eigenvalue weighted by molar-refractivity contribution is 0.0281. The molecule has 8 heteroatoms. The molecule has 1 aliphatic heterocycles. The van der Waals surface area contributed by atoms with Crippen LogP contribution in [0.3, 0.4) is 0 Å². The summed E-state index contributed by atoms with van der Waals surface area (Å²) in [6.07, 6.45) is -0.110. The molecule has 2 amide bonds. The second kappa shape index (κ2) is 10.6. The Morgan fingerprint density at radius 2 is 1.94 bits per heavy atom. The van der Waals surface area contributed by atoms with E-state index in [1.54, 1.807) is 37.3 Å². The fraction of sp³-hybridized carbons (Fsp3) is 0.417. The SMILES string of the molecule is CO[C@@H]1CN(C)C(=O)c2ccc(NC(=O)c3ccc(F)cc3)cc2OC[C@H](C)NC[C@H]1C. The molecule has 1 heterocycles. The van der Waals surface area contributed by atoms with Crippen LogP contribution in [0.1, 0.15) is 34.6 Å². The van der Waals surface area contributed by atoms with Crippen LogP contribution in [0.2, 0.25) is 0 Å². The maximum atomic E-state index is 13.1. The highest BCUT2D eigenvalue weighted by atomic mass is 19.1. The maximum absolute atomic E-state index is 13.1. The van der Waals surface area contributed by atoms with Crippen LogP contribution in [0.15, 0.2) is 42.5 Å². The first-order valence-corrected chi connectivity index (χ1v) is 10.6. The largest absolute Gasteiger partial charge is 0.491 e. The Morgan fingerprint density at radius 3 is 2.62 bits per heavy atom. The summed E-state index contributed by atoms with van der Waals surface area (Å²) in [5, 5.41) is 6.21. The number of nitrogens with one attached hydrogen (secondary N) is 2. The Labute approximate surface area is 187 Å². The van der Waals surface area contributed by atoms with Gasteiger partial charge in [0.25, 0.3) is 11.8 Å². The van der Waals surface area contributed by atoms with E-state index in [1.165, 1.54) is 24.3 Å². The quantitative estimate of drug-likeness (QED) is 0.762. The second-order valence-corrected chi connectivity index (χ2v) is 8.23. The molecular formula is C24H30FN3O4. The number of carbonyl (C=O) groups is 2. The van der Waals surface area contributed by atoms with E-state index in [0.717, 1.165) is 6.54 Å². The summed E-state index contributed by atoms with van der Waals surface area (Å²) in [4.78, 5) is 27.3. The normalized spacial score (nSPS) is 22.2. The highest BCUT2D eigenvalue weighted by Crippen LogP contribution is 2.26. The zero-order valence-corrected chi connectivity index (χ0v) is 18.9. The van der Waals surface area contributed by atoms with Gasteiger partial charge in [0.1, 0.15) is 18.2 Å². The molecule has 7 nitrogen and oxygen atoms in total. The van der Waals surface area contributed by atoms with Gasteiger partial charge in [-0.25, -0.2) is 4.39 Å². The van der Waals surface area contributed by atoms with E-state index in [2.05, 4.69) is 17.6 Å². The molecule has 0 spiro atoms. The summed E-state index contributed by atoms with van der Waals surface area (Å²) in [7, 11) is 3.39. The molecule has 3 atom stereocenters. The van der Waals surface area contributed by atoms with Gasteiger partial charge in [0.05, 0.1) is 11.7 Å². The molecule has 2 aromatic rings. The predicted octanol–water partition coefficient (Wildman–Crippen LogP) is 3.17. The second-order valence-electron chi connectivity index (χ2n) is 8.23. The molecular weight excluding hydrogens is 413 g/mol. The number of carbonyl (C=O) groups excluding carboxylic acids is 2. The molecule has 0 aliphatic carbocycles. The van der Waals surface area contributed by atoms with Gasteiger partial charge in [-0.15, -0.1) is 0 Å². The topological polar surface area (TPSA) is 79.9 Å². The average molecular weight is 444 g/mol. The zero-order chi connectivity index (χ0) is 23.3. The van der Waals surface area contributed by atoms with Gasteiger partial charge < -0.3 is 25.0 Å². The molecule has 32 heavy (non-hydrogen) atoms. The van der Waals surface area contributed by atoms with Crippen molar-refractivity contribution < 1.29 is 23.5 Å². The minimum atomic E-state index is -0.412. The van der Waals surface area contributed by atoms with Crippen LogP contribution in [0, 0.1) is 11.7 Å². The Hall–Kier alpha value is -2.97. The number of benzene rings is 2. The summed E-state index contributed by atoms with van der Waals surface area (Å²) >= 11 is 0. The molecule has 0 radical (unpaired) electrons. The van der Waals surface area contributed by atoms with Crippen molar-refractivity contribution in [2.45, 2.75) is 26.0 Å². The van der Waals surface area contributed by atoms with Crippen molar-refractivity contribution >= 4 is 17.5 Å². The van der Waals surface area contributed by atoms with Gasteiger partial charge in [0.2, 0.25) is 0 Å². The minimum absolute atomic E-state index is 0.0486. The van der Waals surface area contributed by atoms with Gasteiger partial charge in [0.15, 0.2) is 0 Å². The Bertz CT molecular complexity index is 951. The van der Waals surface area contributed by atoms with Gasteiger partial charge in [0, 0.05) is 50.6 Å². The van der Waals surface area contributed by atoms with E-state index in [4.69, 9.17) is 9.47 Å². The number of halogens is 1. The van der Waals surface area contributed by atoms with Crippen molar-refractivity contribution in [3.05, 3.63) is 59.4 Å². The third-order valence-electron chi connectivity index (χ3n) is 5.59. The van der Waals surface area contributed by atoms with Crippen LogP contribution in [0.4, 0.5) is 10.1 Å². The molecule has 172 valence electrons.